The first-order valence-electron chi connectivity index (χ1n) is 12.2. The van der Waals surface area contributed by atoms with Crippen LogP contribution in [0.25, 0.3) is 0 Å². The molecule has 2 N–H and O–H groups in total. The molecule has 0 unspecified atom stereocenters. The van der Waals surface area contributed by atoms with E-state index in [-0.39, 0.29) is 16.8 Å². The lowest BCUT2D eigenvalue weighted by molar-refractivity contribution is -0.647. The summed E-state index contributed by atoms with van der Waals surface area (Å²) in [5.41, 5.74) is 6.44. The number of nitrogen functional groups attached to an aromatic ring is 1. The largest absolute Gasteiger partial charge is 0.744 e. The maximum absolute atomic E-state index is 13.0. The van der Waals surface area contributed by atoms with Crippen LogP contribution in [-0.4, -0.2) is 30.3 Å². The lowest BCUT2D eigenvalue weighted by Gasteiger charge is -2.35. The standard InChI is InChI=1S/C19H21N3O.C9H12O3S/c1-13-17-5-3-2-4-14(17)8-10-21(13)19(23)16-9-11-22(20)18(12-16)15-6-7-15;1-6-4-7(2)9(8(3)5-6)13(10,11)12/h2-5,9,11-13,15H,6-8,10H2,1H3,(H-,20,23);4-5H,1-3H3,(H,10,11,12)/t13-;/m1./s1. The number of hydrogen-bond acceptors (Lipinski definition) is 5. The maximum Gasteiger partial charge on any atom is 0.254 e. The quantitative estimate of drug-likeness (QED) is 0.329. The highest BCUT2D eigenvalue weighted by molar-refractivity contribution is 7.85. The number of rotatable bonds is 3. The van der Waals surface area contributed by atoms with Crippen molar-refractivity contribution in [2.24, 2.45) is 0 Å². The van der Waals surface area contributed by atoms with Crippen LogP contribution in [0.4, 0.5) is 0 Å². The molecule has 1 aliphatic heterocycles. The van der Waals surface area contributed by atoms with Crippen LogP contribution in [0.15, 0.2) is 59.6 Å². The minimum absolute atomic E-state index is 0.0851. The number of benzene rings is 2. The molecule has 1 fully saturated rings. The van der Waals surface area contributed by atoms with E-state index in [2.05, 4.69) is 25.1 Å². The van der Waals surface area contributed by atoms with Gasteiger partial charge in [0, 0.05) is 24.6 Å². The Morgan fingerprint density at radius 3 is 2.31 bits per heavy atom. The van der Waals surface area contributed by atoms with Crippen molar-refractivity contribution < 1.29 is 22.4 Å². The fourth-order valence-corrected chi connectivity index (χ4v) is 6.05. The van der Waals surface area contributed by atoms with Gasteiger partial charge in [0.1, 0.15) is 10.1 Å². The van der Waals surface area contributed by atoms with Crippen LogP contribution in [0, 0.1) is 20.8 Å². The fourth-order valence-electron chi connectivity index (χ4n) is 5.15. The number of aryl methyl sites for hydroxylation is 3. The van der Waals surface area contributed by atoms with Gasteiger partial charge in [-0.1, -0.05) is 46.6 Å². The first kappa shape index (κ1) is 25.9. The van der Waals surface area contributed by atoms with Gasteiger partial charge in [0.05, 0.1) is 16.5 Å². The molecule has 5 rings (SSSR count). The summed E-state index contributed by atoms with van der Waals surface area (Å²) in [5.74, 6) is 6.62. The number of aromatic nitrogens is 1. The highest BCUT2D eigenvalue weighted by atomic mass is 32.2. The summed E-state index contributed by atoms with van der Waals surface area (Å²) in [4.78, 5) is 14.9. The molecule has 2 aromatic carbocycles. The van der Waals surface area contributed by atoms with Crippen molar-refractivity contribution >= 4 is 16.0 Å². The van der Waals surface area contributed by atoms with Crippen LogP contribution in [0.1, 0.15) is 75.6 Å². The first-order chi connectivity index (χ1) is 17.0. The SMILES string of the molecule is C[C@@H]1c2ccccc2CCN1C(=O)c1cc[n+](N)c(C2CC2)c1.Cc1cc(C)c(S(=O)(=O)[O-])c(C)c1. The van der Waals surface area contributed by atoms with Crippen LogP contribution in [-0.2, 0) is 16.5 Å². The molecule has 190 valence electrons. The average molecular weight is 508 g/mol. The van der Waals surface area contributed by atoms with Crippen molar-refractivity contribution in [3.8, 4) is 0 Å². The Morgan fingerprint density at radius 2 is 1.69 bits per heavy atom. The minimum atomic E-state index is -4.33. The van der Waals surface area contributed by atoms with Gasteiger partial charge < -0.3 is 9.45 Å². The Balaban J connectivity index is 0.000000200. The number of pyridine rings is 1. The summed E-state index contributed by atoms with van der Waals surface area (Å²) in [5, 5.41) is 0. The Bertz CT molecular complexity index is 1390. The van der Waals surface area contributed by atoms with E-state index in [1.165, 1.54) is 24.0 Å². The minimum Gasteiger partial charge on any atom is -0.744 e. The second kappa shape index (κ2) is 10.0. The topological polar surface area (TPSA) is 107 Å². The van der Waals surface area contributed by atoms with E-state index >= 15 is 0 Å². The molecule has 3 aromatic rings. The second-order valence-corrected chi connectivity index (χ2v) is 11.1. The number of nitrogens with zero attached hydrogens (tertiary/aromatic N) is 2. The molecule has 1 atom stereocenters. The summed E-state index contributed by atoms with van der Waals surface area (Å²) >= 11 is 0. The van der Waals surface area contributed by atoms with E-state index < -0.39 is 10.1 Å². The highest BCUT2D eigenvalue weighted by Gasteiger charge is 2.34. The molecule has 36 heavy (non-hydrogen) atoms. The number of nitrogens with two attached hydrogens (primary N) is 1. The number of carbonyl (C=O) groups excluding carboxylic acids is 1. The third-order valence-electron chi connectivity index (χ3n) is 6.97. The Kier molecular flexibility index (Phi) is 7.20. The third kappa shape index (κ3) is 5.44. The molecular weight excluding hydrogens is 474 g/mol. The number of carbonyl (C=O) groups is 1. The van der Waals surface area contributed by atoms with Gasteiger partial charge in [-0.05, 0) is 69.2 Å². The van der Waals surface area contributed by atoms with Crippen LogP contribution >= 0.6 is 0 Å². The summed E-state index contributed by atoms with van der Waals surface area (Å²) in [6.45, 7) is 8.01. The zero-order chi connectivity index (χ0) is 26.2. The number of fused-ring (bicyclic) bond motifs is 1. The van der Waals surface area contributed by atoms with Gasteiger partial charge >= 0.3 is 0 Å². The van der Waals surface area contributed by atoms with E-state index in [0.29, 0.717) is 17.0 Å². The number of hydrogen-bond donors (Lipinski definition) is 1. The van der Waals surface area contributed by atoms with Crippen LogP contribution in [0.5, 0.6) is 0 Å². The molecule has 1 aromatic heterocycles. The van der Waals surface area contributed by atoms with E-state index in [0.717, 1.165) is 29.8 Å². The Hall–Kier alpha value is -3.23. The van der Waals surface area contributed by atoms with Crippen molar-refractivity contribution in [2.45, 2.75) is 63.8 Å². The van der Waals surface area contributed by atoms with Gasteiger partial charge in [-0.25, -0.2) is 14.3 Å². The molecule has 0 bridgehead atoms. The molecule has 1 amide bonds. The van der Waals surface area contributed by atoms with Gasteiger partial charge in [-0.3, -0.25) is 4.79 Å². The summed E-state index contributed by atoms with van der Waals surface area (Å²) < 4.78 is 34.1. The molecule has 2 aliphatic rings. The van der Waals surface area contributed by atoms with Crippen molar-refractivity contribution in [2.75, 3.05) is 12.4 Å². The van der Waals surface area contributed by atoms with Gasteiger partial charge in [-0.15, -0.1) is 0 Å². The van der Waals surface area contributed by atoms with Crippen LogP contribution in [0.3, 0.4) is 0 Å². The zero-order valence-electron chi connectivity index (χ0n) is 21.2. The van der Waals surface area contributed by atoms with Gasteiger partial charge in [-0.2, -0.15) is 0 Å². The third-order valence-corrected chi connectivity index (χ3v) is 8.11. The van der Waals surface area contributed by atoms with E-state index in [9.17, 15) is 17.8 Å². The van der Waals surface area contributed by atoms with E-state index in [1.54, 1.807) is 30.7 Å². The van der Waals surface area contributed by atoms with Crippen molar-refractivity contribution in [1.29, 1.82) is 0 Å². The van der Waals surface area contributed by atoms with Gasteiger partial charge in [0.2, 0.25) is 5.69 Å². The number of amides is 1. The predicted octanol–water partition coefficient (Wildman–Crippen LogP) is 3.84. The average Bonchev–Trinajstić information content (AvgIpc) is 3.63. The summed E-state index contributed by atoms with van der Waals surface area (Å²) in [7, 11) is -4.33. The molecule has 7 nitrogen and oxygen atoms in total. The lowest BCUT2D eigenvalue weighted by Crippen LogP contribution is -2.48. The van der Waals surface area contributed by atoms with Crippen LogP contribution < -0.4 is 10.5 Å². The second-order valence-electron chi connectivity index (χ2n) is 9.83. The summed E-state index contributed by atoms with van der Waals surface area (Å²) in [6, 6.07) is 15.7. The van der Waals surface area contributed by atoms with Crippen molar-refractivity contribution in [3.05, 3.63) is 93.8 Å². The maximum atomic E-state index is 13.0. The van der Waals surface area contributed by atoms with Gasteiger partial charge in [0.15, 0.2) is 6.20 Å². The normalized spacial score (nSPS) is 17.1. The smallest absolute Gasteiger partial charge is 0.254 e. The molecule has 2 heterocycles. The molecule has 8 heteroatoms. The molecule has 1 saturated carbocycles. The zero-order valence-corrected chi connectivity index (χ0v) is 22.0. The van der Waals surface area contributed by atoms with Crippen molar-refractivity contribution in [1.82, 2.24) is 4.90 Å². The van der Waals surface area contributed by atoms with Gasteiger partial charge in [0.25, 0.3) is 5.91 Å². The molecule has 0 spiro atoms. The monoisotopic (exact) mass is 507 g/mol. The Labute approximate surface area is 213 Å². The van der Waals surface area contributed by atoms with Crippen LogP contribution in [0.2, 0.25) is 0 Å². The lowest BCUT2D eigenvalue weighted by atomic mass is 9.93. The van der Waals surface area contributed by atoms with E-state index in [1.807, 2.05) is 36.2 Å². The Morgan fingerprint density at radius 1 is 1.06 bits per heavy atom. The molecule has 0 radical (unpaired) electrons. The predicted molar refractivity (Wildman–Crippen MR) is 137 cm³/mol. The highest BCUT2D eigenvalue weighted by Crippen LogP contribution is 2.38. The van der Waals surface area contributed by atoms with E-state index in [4.69, 9.17) is 5.84 Å². The molecular formula is C28H33N3O4S. The molecule has 1 aliphatic carbocycles. The first-order valence-corrected chi connectivity index (χ1v) is 13.6. The fraction of sp³-hybridized carbons (Fsp3) is 0.357. The van der Waals surface area contributed by atoms with Crippen molar-refractivity contribution in [3.63, 3.8) is 0 Å². The summed E-state index contributed by atoms with van der Waals surface area (Å²) in [6.07, 6.45) is 5.07. The molecule has 0 saturated heterocycles.